The summed E-state index contributed by atoms with van der Waals surface area (Å²) in [6.45, 7) is 1.10. The third-order valence-electron chi connectivity index (χ3n) is 3.54. The highest BCUT2D eigenvalue weighted by molar-refractivity contribution is 9.10. The van der Waals surface area contributed by atoms with Crippen LogP contribution in [0.4, 0.5) is 0 Å². The monoisotopic (exact) mass is 305 g/mol. The molecule has 1 unspecified atom stereocenters. The van der Waals surface area contributed by atoms with Crippen LogP contribution in [0.1, 0.15) is 24.7 Å². The molecule has 1 aromatic carbocycles. The molecule has 0 aliphatic carbocycles. The van der Waals surface area contributed by atoms with Crippen molar-refractivity contribution in [2.24, 2.45) is 7.05 Å². The first kappa shape index (κ1) is 11.9. The lowest BCUT2D eigenvalue weighted by molar-refractivity contribution is 0.581. The van der Waals surface area contributed by atoms with Crippen LogP contribution in [0.25, 0.3) is 11.3 Å². The van der Waals surface area contributed by atoms with Gasteiger partial charge in [-0.25, -0.2) is 4.98 Å². The largest absolute Gasteiger partial charge is 0.330 e. The Morgan fingerprint density at radius 3 is 2.78 bits per heavy atom. The topological polar surface area (TPSA) is 29.9 Å². The Kier molecular flexibility index (Phi) is 3.22. The first-order chi connectivity index (χ1) is 8.75. The van der Waals surface area contributed by atoms with Gasteiger partial charge in [0.05, 0.1) is 17.9 Å². The minimum atomic E-state index is 0.416. The molecule has 3 nitrogen and oxygen atoms in total. The Labute approximate surface area is 115 Å². The van der Waals surface area contributed by atoms with Crippen molar-refractivity contribution in [1.29, 1.82) is 0 Å². The number of nitrogens with one attached hydrogen (secondary N) is 1. The molecule has 0 spiro atoms. The molecule has 0 bridgehead atoms. The van der Waals surface area contributed by atoms with E-state index >= 15 is 0 Å². The number of aromatic nitrogens is 2. The molecule has 94 valence electrons. The van der Waals surface area contributed by atoms with E-state index in [1.54, 1.807) is 0 Å². The third-order valence-corrected chi connectivity index (χ3v) is 4.06. The number of hydrogen-bond acceptors (Lipinski definition) is 2. The summed E-state index contributed by atoms with van der Waals surface area (Å²) in [5.74, 6) is 1.14. The fourth-order valence-electron chi connectivity index (χ4n) is 2.54. The summed E-state index contributed by atoms with van der Waals surface area (Å²) in [5, 5.41) is 3.50. The van der Waals surface area contributed by atoms with Crippen molar-refractivity contribution in [2.75, 3.05) is 6.54 Å². The molecule has 2 aromatic rings. The molecular weight excluding hydrogens is 290 g/mol. The third kappa shape index (κ3) is 2.10. The zero-order valence-corrected chi connectivity index (χ0v) is 11.9. The molecule has 1 aliphatic heterocycles. The van der Waals surface area contributed by atoms with Gasteiger partial charge in [0.2, 0.25) is 0 Å². The average Bonchev–Trinajstić information content (AvgIpc) is 2.99. The lowest BCUT2D eigenvalue weighted by Crippen LogP contribution is -2.17. The van der Waals surface area contributed by atoms with Crippen LogP contribution in [-0.2, 0) is 7.05 Å². The van der Waals surface area contributed by atoms with Crippen molar-refractivity contribution in [3.05, 3.63) is 40.8 Å². The van der Waals surface area contributed by atoms with Gasteiger partial charge in [-0.15, -0.1) is 0 Å². The summed E-state index contributed by atoms with van der Waals surface area (Å²) in [4.78, 5) is 4.59. The van der Waals surface area contributed by atoms with Crippen LogP contribution in [0.5, 0.6) is 0 Å². The summed E-state index contributed by atoms with van der Waals surface area (Å²) in [7, 11) is 2.10. The molecule has 1 saturated heterocycles. The van der Waals surface area contributed by atoms with E-state index in [1.165, 1.54) is 24.1 Å². The Morgan fingerprint density at radius 1 is 1.33 bits per heavy atom. The van der Waals surface area contributed by atoms with Crippen molar-refractivity contribution in [2.45, 2.75) is 18.9 Å². The quantitative estimate of drug-likeness (QED) is 0.923. The molecule has 4 heteroatoms. The van der Waals surface area contributed by atoms with Crippen LogP contribution in [0.2, 0.25) is 0 Å². The van der Waals surface area contributed by atoms with Gasteiger partial charge in [0.25, 0.3) is 0 Å². The summed E-state index contributed by atoms with van der Waals surface area (Å²) in [6, 6.07) is 8.78. The lowest BCUT2D eigenvalue weighted by atomic mass is 10.1. The Balaban J connectivity index is 1.96. The molecule has 1 N–H and O–H groups in total. The predicted molar refractivity (Wildman–Crippen MR) is 76.3 cm³/mol. The molecule has 1 fully saturated rings. The van der Waals surface area contributed by atoms with Crippen LogP contribution < -0.4 is 5.32 Å². The first-order valence-corrected chi connectivity index (χ1v) is 7.06. The number of halogens is 1. The second-order valence-electron chi connectivity index (χ2n) is 4.72. The van der Waals surface area contributed by atoms with E-state index in [1.807, 2.05) is 6.20 Å². The van der Waals surface area contributed by atoms with Gasteiger partial charge in [0.15, 0.2) is 0 Å². The van der Waals surface area contributed by atoms with Crippen molar-refractivity contribution in [3.63, 3.8) is 0 Å². The van der Waals surface area contributed by atoms with Crippen LogP contribution in [0.15, 0.2) is 34.9 Å². The number of nitrogens with zero attached hydrogens (tertiary/aromatic N) is 2. The Bertz CT molecular complexity index is 539. The zero-order chi connectivity index (χ0) is 12.5. The van der Waals surface area contributed by atoms with E-state index in [0.29, 0.717) is 6.04 Å². The second kappa shape index (κ2) is 4.86. The molecule has 1 aromatic heterocycles. The maximum absolute atomic E-state index is 4.59. The second-order valence-corrected chi connectivity index (χ2v) is 5.63. The summed E-state index contributed by atoms with van der Waals surface area (Å²) in [5.41, 5.74) is 2.38. The summed E-state index contributed by atoms with van der Waals surface area (Å²) < 4.78 is 3.30. The van der Waals surface area contributed by atoms with Gasteiger partial charge < -0.3 is 9.88 Å². The molecule has 2 heterocycles. The molecule has 18 heavy (non-hydrogen) atoms. The van der Waals surface area contributed by atoms with Gasteiger partial charge in [0.1, 0.15) is 5.82 Å². The fraction of sp³-hybridized carbons (Fsp3) is 0.357. The van der Waals surface area contributed by atoms with Gasteiger partial charge in [-0.3, -0.25) is 0 Å². The van der Waals surface area contributed by atoms with Crippen LogP contribution in [-0.4, -0.2) is 16.1 Å². The van der Waals surface area contributed by atoms with Gasteiger partial charge in [-0.05, 0) is 37.1 Å². The summed E-state index contributed by atoms with van der Waals surface area (Å²) >= 11 is 3.46. The smallest absolute Gasteiger partial charge is 0.126 e. The summed E-state index contributed by atoms with van der Waals surface area (Å²) in [6.07, 6.45) is 4.40. The maximum Gasteiger partial charge on any atom is 0.126 e. The molecule has 0 amide bonds. The van der Waals surface area contributed by atoms with E-state index in [4.69, 9.17) is 0 Å². The van der Waals surface area contributed by atoms with Crippen molar-refractivity contribution in [1.82, 2.24) is 14.9 Å². The zero-order valence-electron chi connectivity index (χ0n) is 10.4. The van der Waals surface area contributed by atoms with Crippen molar-refractivity contribution in [3.8, 4) is 11.3 Å². The van der Waals surface area contributed by atoms with E-state index < -0.39 is 0 Å². The molecule has 1 atom stereocenters. The van der Waals surface area contributed by atoms with Gasteiger partial charge in [0, 0.05) is 11.5 Å². The first-order valence-electron chi connectivity index (χ1n) is 6.26. The average molecular weight is 306 g/mol. The normalized spacial score (nSPS) is 19.3. The minimum Gasteiger partial charge on any atom is -0.330 e. The van der Waals surface area contributed by atoms with Gasteiger partial charge in [-0.1, -0.05) is 28.1 Å². The van der Waals surface area contributed by atoms with Crippen molar-refractivity contribution < 1.29 is 0 Å². The predicted octanol–water partition coefficient (Wildman–Crippen LogP) is 3.27. The molecule has 0 saturated carbocycles. The van der Waals surface area contributed by atoms with Gasteiger partial charge in [-0.2, -0.15) is 0 Å². The minimum absolute atomic E-state index is 0.416. The highest BCUT2D eigenvalue weighted by Crippen LogP contribution is 2.27. The van der Waals surface area contributed by atoms with Crippen LogP contribution >= 0.6 is 15.9 Å². The lowest BCUT2D eigenvalue weighted by Gasteiger charge is -2.11. The van der Waals surface area contributed by atoms with E-state index in [2.05, 4.69) is 62.1 Å². The van der Waals surface area contributed by atoms with Crippen LogP contribution in [0.3, 0.4) is 0 Å². The molecule has 1 aliphatic rings. The van der Waals surface area contributed by atoms with E-state index in [-0.39, 0.29) is 0 Å². The van der Waals surface area contributed by atoms with Gasteiger partial charge >= 0.3 is 0 Å². The van der Waals surface area contributed by atoms with Crippen LogP contribution in [0, 0.1) is 0 Å². The number of benzene rings is 1. The molecular formula is C14H16BrN3. The Morgan fingerprint density at radius 2 is 2.11 bits per heavy atom. The SMILES string of the molecule is Cn1c(-c2ccc(Br)cc2)cnc1C1CCCN1. The highest BCUT2D eigenvalue weighted by Gasteiger charge is 2.21. The fourth-order valence-corrected chi connectivity index (χ4v) is 2.81. The number of hydrogen-bond donors (Lipinski definition) is 1. The Hall–Kier alpha value is -1.13. The van der Waals surface area contributed by atoms with E-state index in [9.17, 15) is 0 Å². The van der Waals surface area contributed by atoms with E-state index in [0.717, 1.165) is 16.8 Å². The number of rotatable bonds is 2. The molecule has 3 rings (SSSR count). The molecule has 0 radical (unpaired) electrons. The highest BCUT2D eigenvalue weighted by atomic mass is 79.9. The number of imidazole rings is 1. The standard InChI is InChI=1S/C14H16BrN3/c1-18-13(10-4-6-11(15)7-5-10)9-17-14(18)12-3-2-8-16-12/h4-7,9,12,16H,2-3,8H2,1H3. The van der Waals surface area contributed by atoms with Crippen molar-refractivity contribution >= 4 is 15.9 Å². The maximum atomic E-state index is 4.59.